The number of carboxylic acid groups (broad SMARTS) is 2. The van der Waals surface area contributed by atoms with Gasteiger partial charge in [0.25, 0.3) is 0 Å². The Morgan fingerprint density at radius 1 is 0.568 bits per heavy atom. The molecule has 44 heavy (non-hydrogen) atoms. The minimum atomic E-state index is -0.899. The molecule has 1 aliphatic rings. The average Bonchev–Trinajstić information content (AvgIpc) is 3.59. The molecule has 10 nitrogen and oxygen atoms in total. The molecule has 5 heterocycles. The van der Waals surface area contributed by atoms with E-state index in [1.807, 2.05) is 52.0 Å². The standard InChI is InChI=1S/C34H40N4O6/c1-15-21(7-9-31(41)42)27-14-28-22(8-10-32(43)44)16(2)24(36-28)12-29-34(20(6)40)18(4)26(38-29)13-30-33(19(5)39)17(3)25(37-30)11-23(15)35-27/h11-14,19-20,35-40H,7-10H2,1-6H3,(H,41,42)(H,43,44)/t19-,20-/m1/s1. The normalized spacial score (nSPS) is 13.8. The highest BCUT2D eigenvalue weighted by Crippen LogP contribution is 2.27. The van der Waals surface area contributed by atoms with E-state index in [1.54, 1.807) is 13.8 Å². The monoisotopic (exact) mass is 600 g/mol. The molecule has 8 N–H and O–H groups in total. The third-order valence-electron chi connectivity index (χ3n) is 8.81. The van der Waals surface area contributed by atoms with E-state index < -0.39 is 24.1 Å². The first-order valence-electron chi connectivity index (χ1n) is 14.8. The van der Waals surface area contributed by atoms with E-state index in [9.17, 15) is 30.0 Å². The number of carboxylic acids is 2. The number of H-pyrrole nitrogens is 4. The second kappa shape index (κ2) is 11.9. The van der Waals surface area contributed by atoms with E-state index in [4.69, 9.17) is 0 Å². The molecular weight excluding hydrogens is 560 g/mol. The number of aromatic nitrogens is 4. The Bertz CT molecular complexity index is 2030. The molecule has 0 fully saturated rings. The van der Waals surface area contributed by atoms with Gasteiger partial charge in [0.1, 0.15) is 0 Å². The molecule has 0 saturated carbocycles. The number of hydrogen-bond donors (Lipinski definition) is 8. The lowest BCUT2D eigenvalue weighted by molar-refractivity contribution is -0.138. The molecule has 4 aromatic rings. The van der Waals surface area contributed by atoms with Crippen molar-refractivity contribution in [3.8, 4) is 0 Å². The van der Waals surface area contributed by atoms with E-state index in [-0.39, 0.29) is 12.8 Å². The molecule has 0 aromatic carbocycles. The van der Waals surface area contributed by atoms with Gasteiger partial charge < -0.3 is 40.4 Å². The molecule has 1 aliphatic heterocycles. The van der Waals surface area contributed by atoms with E-state index in [0.29, 0.717) is 18.2 Å². The molecule has 8 bridgehead atoms. The van der Waals surface area contributed by atoms with Crippen molar-refractivity contribution < 1.29 is 30.0 Å². The Labute approximate surface area is 254 Å². The Morgan fingerprint density at radius 3 is 1.66 bits per heavy atom. The molecule has 0 saturated heterocycles. The molecule has 0 spiro atoms. The number of hydrogen-bond acceptors (Lipinski definition) is 4. The van der Waals surface area contributed by atoms with Gasteiger partial charge in [-0.15, -0.1) is 0 Å². The van der Waals surface area contributed by atoms with Crippen molar-refractivity contribution in [2.75, 3.05) is 0 Å². The predicted octanol–water partition coefficient (Wildman–Crippen LogP) is 2.00. The van der Waals surface area contributed by atoms with Crippen molar-refractivity contribution in [3.63, 3.8) is 0 Å². The zero-order chi connectivity index (χ0) is 32.0. The fourth-order valence-corrected chi connectivity index (χ4v) is 6.48. The topological polar surface area (TPSA) is 178 Å². The molecule has 0 radical (unpaired) electrons. The van der Waals surface area contributed by atoms with Crippen LogP contribution in [0.4, 0.5) is 0 Å². The number of fused-ring (bicyclic) bond motifs is 8. The summed E-state index contributed by atoms with van der Waals surface area (Å²) in [4.78, 5) is 37.1. The third-order valence-corrected chi connectivity index (χ3v) is 8.81. The van der Waals surface area contributed by atoms with Crippen molar-refractivity contribution in [3.05, 3.63) is 88.7 Å². The first-order chi connectivity index (χ1) is 20.8. The van der Waals surface area contributed by atoms with Crippen LogP contribution in [-0.4, -0.2) is 52.3 Å². The van der Waals surface area contributed by atoms with Gasteiger partial charge in [0.05, 0.1) is 12.2 Å². The van der Waals surface area contributed by atoms with Crippen LogP contribution in [0.5, 0.6) is 0 Å². The van der Waals surface area contributed by atoms with Crippen LogP contribution in [0.25, 0.3) is 24.3 Å². The molecule has 232 valence electrons. The average molecular weight is 601 g/mol. The van der Waals surface area contributed by atoms with Gasteiger partial charge in [0, 0.05) is 68.1 Å². The van der Waals surface area contributed by atoms with Gasteiger partial charge in [-0.05, 0) is 112 Å². The van der Waals surface area contributed by atoms with Gasteiger partial charge in [-0.1, -0.05) is 0 Å². The summed E-state index contributed by atoms with van der Waals surface area (Å²) in [5.74, 6) is -1.80. The van der Waals surface area contributed by atoms with Crippen LogP contribution in [0.15, 0.2) is 0 Å². The Hall–Kier alpha value is -4.54. The molecule has 2 atom stereocenters. The van der Waals surface area contributed by atoms with Gasteiger partial charge >= 0.3 is 11.9 Å². The van der Waals surface area contributed by atoms with Crippen molar-refractivity contribution in [2.45, 2.75) is 79.4 Å². The number of aliphatic hydroxyl groups excluding tert-OH is 2. The molecule has 0 unspecified atom stereocenters. The van der Waals surface area contributed by atoms with Crippen molar-refractivity contribution in [2.24, 2.45) is 0 Å². The Balaban J connectivity index is 1.93. The largest absolute Gasteiger partial charge is 0.481 e. The fourth-order valence-electron chi connectivity index (χ4n) is 6.48. The summed E-state index contributed by atoms with van der Waals surface area (Å²) in [6.45, 7) is 11.2. The molecular formula is C34H40N4O6. The van der Waals surface area contributed by atoms with E-state index in [0.717, 1.165) is 83.3 Å². The maximum Gasteiger partial charge on any atom is 0.303 e. The number of aliphatic carboxylic acids is 2. The zero-order valence-electron chi connectivity index (χ0n) is 25.9. The Kier molecular flexibility index (Phi) is 8.33. The van der Waals surface area contributed by atoms with Gasteiger partial charge in [-0.2, -0.15) is 0 Å². The summed E-state index contributed by atoms with van der Waals surface area (Å²) in [7, 11) is 0. The Morgan fingerprint density at radius 2 is 1.05 bits per heavy atom. The highest BCUT2D eigenvalue weighted by atomic mass is 16.4. The molecule has 10 heteroatoms. The number of aromatic amines is 4. The van der Waals surface area contributed by atoms with Gasteiger partial charge in [-0.25, -0.2) is 0 Å². The van der Waals surface area contributed by atoms with Crippen LogP contribution < -0.4 is 21.4 Å². The summed E-state index contributed by atoms with van der Waals surface area (Å²) < 4.78 is 0. The van der Waals surface area contributed by atoms with E-state index in [1.165, 1.54) is 0 Å². The van der Waals surface area contributed by atoms with Crippen LogP contribution >= 0.6 is 0 Å². The van der Waals surface area contributed by atoms with E-state index in [2.05, 4.69) is 19.9 Å². The van der Waals surface area contributed by atoms with Crippen molar-refractivity contribution in [1.82, 2.24) is 19.9 Å². The second-order valence-corrected chi connectivity index (χ2v) is 11.8. The lowest BCUT2D eigenvalue weighted by Crippen LogP contribution is -2.14. The molecule has 0 aliphatic carbocycles. The van der Waals surface area contributed by atoms with Crippen LogP contribution in [-0.2, 0) is 22.4 Å². The highest BCUT2D eigenvalue weighted by molar-refractivity contribution is 5.70. The van der Waals surface area contributed by atoms with Crippen LogP contribution in [0.3, 0.4) is 0 Å². The van der Waals surface area contributed by atoms with Crippen LogP contribution in [0.1, 0.15) is 106 Å². The molecule has 0 amide bonds. The predicted molar refractivity (Wildman–Crippen MR) is 168 cm³/mol. The second-order valence-electron chi connectivity index (χ2n) is 11.8. The molecule has 5 rings (SSSR count). The fraction of sp³-hybridized carbons (Fsp3) is 0.353. The minimum absolute atomic E-state index is 0.0448. The first-order valence-corrected chi connectivity index (χ1v) is 14.8. The summed E-state index contributed by atoms with van der Waals surface area (Å²) >= 11 is 0. The number of rotatable bonds is 8. The summed E-state index contributed by atoms with van der Waals surface area (Å²) in [5, 5.41) is 43.6. The van der Waals surface area contributed by atoms with E-state index >= 15 is 0 Å². The lowest BCUT2D eigenvalue weighted by Gasteiger charge is -2.05. The third kappa shape index (κ3) is 5.70. The summed E-state index contributed by atoms with van der Waals surface area (Å²) in [5.41, 5.74) is 9.79. The highest BCUT2D eigenvalue weighted by Gasteiger charge is 2.20. The SMILES string of the molecule is Cc1c2[nH]c(c1CCC(=O)O)C=c1[nH]c(c(C)c1CCC(=O)O)=Cc1[nH]c(c([C@@H](C)O)c1C)C=c1[nH]c(c([C@@H](C)O)c1C)=C2. The van der Waals surface area contributed by atoms with Crippen molar-refractivity contribution >= 4 is 36.2 Å². The number of nitrogens with one attached hydrogen (secondary N) is 4. The van der Waals surface area contributed by atoms with Gasteiger partial charge in [0.15, 0.2) is 0 Å². The summed E-state index contributed by atoms with van der Waals surface area (Å²) in [6.07, 6.45) is 6.78. The van der Waals surface area contributed by atoms with Gasteiger partial charge in [-0.3, -0.25) is 9.59 Å². The maximum absolute atomic E-state index is 11.6. The van der Waals surface area contributed by atoms with Crippen LogP contribution in [0.2, 0.25) is 0 Å². The van der Waals surface area contributed by atoms with Crippen LogP contribution in [0, 0.1) is 27.7 Å². The van der Waals surface area contributed by atoms with Crippen molar-refractivity contribution in [1.29, 1.82) is 0 Å². The first kappa shape index (κ1) is 30.9. The van der Waals surface area contributed by atoms with Gasteiger partial charge in [0.2, 0.25) is 0 Å². The number of aliphatic hydroxyl groups is 2. The smallest absolute Gasteiger partial charge is 0.303 e. The summed E-state index contributed by atoms with van der Waals surface area (Å²) in [6, 6.07) is 0. The minimum Gasteiger partial charge on any atom is -0.481 e. The quantitative estimate of drug-likeness (QED) is 0.135. The lowest BCUT2D eigenvalue weighted by atomic mass is 10.0. The molecule has 4 aromatic heterocycles. The maximum atomic E-state index is 11.6. The zero-order valence-corrected chi connectivity index (χ0v) is 25.9. The number of carbonyl (C=O) groups is 2.